The molecule has 0 N–H and O–H groups in total. The van der Waals surface area contributed by atoms with Gasteiger partial charge < -0.3 is 4.74 Å². The summed E-state index contributed by atoms with van der Waals surface area (Å²) in [6, 6.07) is 27.3. The topological polar surface area (TPSA) is 33.0 Å². The number of hydrogen-bond acceptors (Lipinski definition) is 2. The zero-order chi connectivity index (χ0) is 21.8. The van der Waals surface area contributed by atoms with Gasteiger partial charge in [0.2, 0.25) is 0 Å². The lowest BCUT2D eigenvalue weighted by Crippen LogP contribution is -1.98. The standard InChI is InChI=1S/C26H16BrCl2NO/c27-20-8-5-17(6-9-20)16-31-26-12-7-18-3-1-2-4-22(18)24(26)13-19(15-30)23-11-10-21(28)14-25(23)29/h1-14H,16H2/b19-13+. The monoisotopic (exact) mass is 507 g/mol. The first kappa shape index (κ1) is 21.5. The van der Waals surface area contributed by atoms with E-state index in [1.807, 2.05) is 66.7 Å². The number of allylic oxidation sites excluding steroid dienone is 1. The summed E-state index contributed by atoms with van der Waals surface area (Å²) in [5, 5.41) is 12.9. The number of halogens is 3. The van der Waals surface area contributed by atoms with Crippen LogP contribution in [0.5, 0.6) is 5.75 Å². The van der Waals surface area contributed by atoms with Gasteiger partial charge in [-0.1, -0.05) is 87.7 Å². The third-order valence-electron chi connectivity index (χ3n) is 4.87. The zero-order valence-corrected chi connectivity index (χ0v) is 19.4. The number of rotatable bonds is 5. The summed E-state index contributed by atoms with van der Waals surface area (Å²) >= 11 is 15.8. The molecular weight excluding hydrogens is 493 g/mol. The smallest absolute Gasteiger partial charge is 0.127 e. The van der Waals surface area contributed by atoms with Crippen molar-refractivity contribution in [2.75, 3.05) is 0 Å². The van der Waals surface area contributed by atoms with Gasteiger partial charge in [0.25, 0.3) is 0 Å². The minimum atomic E-state index is 0.413. The Morgan fingerprint density at radius 1 is 0.968 bits per heavy atom. The molecule has 0 fully saturated rings. The average Bonchev–Trinajstić information content (AvgIpc) is 2.78. The Hall–Kier alpha value is -2.77. The van der Waals surface area contributed by atoms with Crippen molar-refractivity contribution in [2.24, 2.45) is 0 Å². The predicted molar refractivity (Wildman–Crippen MR) is 132 cm³/mol. The van der Waals surface area contributed by atoms with Crippen LogP contribution in [-0.4, -0.2) is 0 Å². The summed E-state index contributed by atoms with van der Waals surface area (Å²) < 4.78 is 7.20. The van der Waals surface area contributed by atoms with Crippen molar-refractivity contribution in [3.63, 3.8) is 0 Å². The summed E-state index contributed by atoms with van der Waals surface area (Å²) in [5.74, 6) is 0.694. The van der Waals surface area contributed by atoms with Gasteiger partial charge in [0.05, 0.1) is 16.7 Å². The number of nitriles is 1. The minimum absolute atomic E-state index is 0.413. The molecule has 152 valence electrons. The van der Waals surface area contributed by atoms with E-state index in [2.05, 4.69) is 22.0 Å². The number of benzene rings is 4. The molecule has 0 aliphatic heterocycles. The van der Waals surface area contributed by atoms with Crippen LogP contribution in [0.3, 0.4) is 0 Å². The third kappa shape index (κ3) is 4.94. The van der Waals surface area contributed by atoms with E-state index in [0.717, 1.165) is 26.4 Å². The summed E-state index contributed by atoms with van der Waals surface area (Å²) in [6.07, 6.45) is 1.83. The summed E-state index contributed by atoms with van der Waals surface area (Å²) in [5.41, 5.74) is 2.94. The van der Waals surface area contributed by atoms with Crippen LogP contribution in [-0.2, 0) is 6.61 Å². The van der Waals surface area contributed by atoms with Crippen molar-refractivity contribution in [1.82, 2.24) is 0 Å². The summed E-state index contributed by atoms with van der Waals surface area (Å²) in [6.45, 7) is 0.413. The second-order valence-corrected chi connectivity index (χ2v) is 8.67. The van der Waals surface area contributed by atoms with Gasteiger partial charge in [-0.2, -0.15) is 5.26 Å². The minimum Gasteiger partial charge on any atom is -0.488 e. The van der Waals surface area contributed by atoms with Crippen LogP contribution >= 0.6 is 39.1 Å². The second-order valence-electron chi connectivity index (χ2n) is 6.91. The molecule has 4 rings (SSSR count). The Kier molecular flexibility index (Phi) is 6.63. The Labute approximate surface area is 199 Å². The fourth-order valence-electron chi connectivity index (χ4n) is 3.31. The molecule has 5 heteroatoms. The van der Waals surface area contributed by atoms with Crippen molar-refractivity contribution in [2.45, 2.75) is 6.61 Å². The molecule has 0 heterocycles. The van der Waals surface area contributed by atoms with Crippen LogP contribution in [0.1, 0.15) is 16.7 Å². The van der Waals surface area contributed by atoms with Crippen LogP contribution in [0.25, 0.3) is 22.4 Å². The first-order valence-corrected chi connectivity index (χ1v) is 11.1. The zero-order valence-electron chi connectivity index (χ0n) is 16.3. The molecule has 0 saturated carbocycles. The molecule has 0 aromatic heterocycles. The largest absolute Gasteiger partial charge is 0.488 e. The van der Waals surface area contributed by atoms with Crippen molar-refractivity contribution in [1.29, 1.82) is 5.26 Å². The van der Waals surface area contributed by atoms with Gasteiger partial charge in [-0.25, -0.2) is 0 Å². The van der Waals surface area contributed by atoms with E-state index >= 15 is 0 Å². The molecule has 0 bridgehead atoms. The summed E-state index contributed by atoms with van der Waals surface area (Å²) in [4.78, 5) is 0. The Bertz CT molecular complexity index is 1320. The van der Waals surface area contributed by atoms with E-state index < -0.39 is 0 Å². The summed E-state index contributed by atoms with van der Waals surface area (Å²) in [7, 11) is 0. The van der Waals surface area contributed by atoms with Gasteiger partial charge in [-0.3, -0.25) is 0 Å². The molecule has 0 unspecified atom stereocenters. The van der Waals surface area contributed by atoms with Gasteiger partial charge in [0.15, 0.2) is 0 Å². The number of nitrogens with zero attached hydrogens (tertiary/aromatic N) is 1. The highest BCUT2D eigenvalue weighted by Crippen LogP contribution is 2.34. The normalized spacial score (nSPS) is 11.4. The van der Waals surface area contributed by atoms with Crippen LogP contribution in [0.15, 0.2) is 83.3 Å². The highest BCUT2D eigenvalue weighted by Gasteiger charge is 2.12. The molecule has 0 aliphatic carbocycles. The van der Waals surface area contributed by atoms with Crippen LogP contribution in [0.2, 0.25) is 10.0 Å². The third-order valence-corrected chi connectivity index (χ3v) is 5.95. The van der Waals surface area contributed by atoms with Crippen molar-refractivity contribution < 1.29 is 4.74 Å². The van der Waals surface area contributed by atoms with E-state index in [1.54, 1.807) is 18.2 Å². The van der Waals surface area contributed by atoms with Crippen molar-refractivity contribution in [3.8, 4) is 11.8 Å². The lowest BCUT2D eigenvalue weighted by molar-refractivity contribution is 0.306. The molecule has 0 radical (unpaired) electrons. The molecule has 31 heavy (non-hydrogen) atoms. The molecule has 0 saturated heterocycles. The molecule has 4 aromatic carbocycles. The average molecular weight is 509 g/mol. The highest BCUT2D eigenvalue weighted by atomic mass is 79.9. The van der Waals surface area contributed by atoms with E-state index in [1.165, 1.54) is 0 Å². The maximum Gasteiger partial charge on any atom is 0.127 e. The number of hydrogen-bond donors (Lipinski definition) is 0. The number of fused-ring (bicyclic) bond motifs is 1. The molecule has 2 nitrogen and oxygen atoms in total. The first-order chi connectivity index (χ1) is 15.0. The lowest BCUT2D eigenvalue weighted by atomic mass is 9.98. The Balaban J connectivity index is 1.80. The molecule has 0 atom stereocenters. The van der Waals surface area contributed by atoms with Gasteiger partial charge >= 0.3 is 0 Å². The van der Waals surface area contributed by atoms with Gasteiger partial charge in [-0.05, 0) is 52.7 Å². The van der Waals surface area contributed by atoms with E-state index in [-0.39, 0.29) is 0 Å². The van der Waals surface area contributed by atoms with Crippen molar-refractivity contribution in [3.05, 3.63) is 110 Å². The van der Waals surface area contributed by atoms with E-state index in [4.69, 9.17) is 27.9 Å². The SMILES string of the molecule is N#C/C(=C\c1c(OCc2ccc(Br)cc2)ccc2ccccc12)c1ccc(Cl)cc1Cl. The van der Waals surface area contributed by atoms with Crippen molar-refractivity contribution >= 4 is 61.6 Å². The maximum absolute atomic E-state index is 9.88. The quantitative estimate of drug-likeness (QED) is 0.200. The Morgan fingerprint density at radius 2 is 1.74 bits per heavy atom. The van der Waals surface area contributed by atoms with Crippen LogP contribution < -0.4 is 4.74 Å². The predicted octanol–water partition coefficient (Wildman–Crippen LogP) is 8.55. The second kappa shape index (κ2) is 9.58. The van der Waals surface area contributed by atoms with Gasteiger partial charge in [0, 0.05) is 20.6 Å². The Morgan fingerprint density at radius 3 is 2.48 bits per heavy atom. The molecule has 4 aromatic rings. The molecule has 0 aliphatic rings. The van der Waals surface area contributed by atoms with E-state index in [0.29, 0.717) is 33.5 Å². The van der Waals surface area contributed by atoms with E-state index in [9.17, 15) is 5.26 Å². The molecule has 0 spiro atoms. The van der Waals surface area contributed by atoms with Gasteiger partial charge in [0.1, 0.15) is 12.4 Å². The van der Waals surface area contributed by atoms with Crippen LogP contribution in [0, 0.1) is 11.3 Å². The lowest BCUT2D eigenvalue weighted by Gasteiger charge is -2.13. The highest BCUT2D eigenvalue weighted by molar-refractivity contribution is 9.10. The molecular formula is C26H16BrCl2NO. The van der Waals surface area contributed by atoms with Crippen LogP contribution in [0.4, 0.5) is 0 Å². The molecule has 0 amide bonds. The maximum atomic E-state index is 9.88. The number of ether oxygens (including phenoxy) is 1. The van der Waals surface area contributed by atoms with Gasteiger partial charge in [-0.15, -0.1) is 0 Å². The first-order valence-electron chi connectivity index (χ1n) is 9.51. The fraction of sp³-hybridized carbons (Fsp3) is 0.0385. The fourth-order valence-corrected chi connectivity index (χ4v) is 4.09.